The maximum absolute atomic E-state index is 13.2. The third-order valence-corrected chi connectivity index (χ3v) is 4.51. The molecule has 2 N–H and O–H groups in total. The number of nitrogens with zero attached hydrogens (tertiary/aromatic N) is 1. The second-order valence-corrected chi connectivity index (χ2v) is 6.46. The summed E-state index contributed by atoms with van der Waals surface area (Å²) in [6.07, 6.45) is 0. The summed E-state index contributed by atoms with van der Waals surface area (Å²) in [5, 5.41) is 0. The fraction of sp³-hybridized carbons (Fsp3) is 0.417. The van der Waals surface area contributed by atoms with Crippen molar-refractivity contribution in [2.45, 2.75) is 4.90 Å². The van der Waals surface area contributed by atoms with E-state index in [1.165, 1.54) is 4.90 Å². The lowest BCUT2D eigenvalue weighted by molar-refractivity contribution is -0.132. The number of nitrogens with two attached hydrogens (primary N) is 1. The minimum atomic E-state index is -3.91. The molecule has 1 amide bonds. The smallest absolute Gasteiger partial charge is 0.238 e. The van der Waals surface area contributed by atoms with Crippen LogP contribution in [-0.2, 0) is 19.4 Å². The summed E-state index contributed by atoms with van der Waals surface area (Å²) in [5.74, 6) is -1.96. The molecule has 0 radical (unpaired) electrons. The van der Waals surface area contributed by atoms with E-state index in [1.807, 2.05) is 0 Å². The average Bonchev–Trinajstić information content (AvgIpc) is 2.38. The molecular formula is C12H15FN2O4S. The van der Waals surface area contributed by atoms with Crippen LogP contribution in [0.4, 0.5) is 10.1 Å². The number of anilines is 1. The van der Waals surface area contributed by atoms with Gasteiger partial charge in [0.15, 0.2) is 9.84 Å². The van der Waals surface area contributed by atoms with Gasteiger partial charge in [-0.05, 0) is 18.2 Å². The van der Waals surface area contributed by atoms with Gasteiger partial charge in [-0.15, -0.1) is 0 Å². The number of sulfone groups is 1. The lowest BCUT2D eigenvalue weighted by atomic mass is 10.3. The number of amides is 1. The maximum atomic E-state index is 13.2. The monoisotopic (exact) mass is 302 g/mol. The molecule has 110 valence electrons. The van der Waals surface area contributed by atoms with Crippen LogP contribution in [0.15, 0.2) is 23.1 Å². The molecule has 8 heteroatoms. The Morgan fingerprint density at radius 3 is 2.55 bits per heavy atom. The van der Waals surface area contributed by atoms with Crippen LogP contribution >= 0.6 is 0 Å². The van der Waals surface area contributed by atoms with Crippen LogP contribution in [0.25, 0.3) is 0 Å². The Labute approximate surface area is 116 Å². The van der Waals surface area contributed by atoms with Gasteiger partial charge in [-0.3, -0.25) is 4.79 Å². The van der Waals surface area contributed by atoms with E-state index in [2.05, 4.69) is 0 Å². The molecule has 1 aromatic rings. The first-order chi connectivity index (χ1) is 9.38. The van der Waals surface area contributed by atoms with E-state index in [0.29, 0.717) is 26.3 Å². The van der Waals surface area contributed by atoms with E-state index >= 15 is 0 Å². The molecule has 1 aliphatic rings. The van der Waals surface area contributed by atoms with Gasteiger partial charge in [0.1, 0.15) is 11.6 Å². The molecule has 0 saturated carbocycles. The molecule has 1 aliphatic heterocycles. The van der Waals surface area contributed by atoms with Gasteiger partial charge in [-0.25, -0.2) is 12.8 Å². The van der Waals surface area contributed by atoms with Crippen LogP contribution in [0.5, 0.6) is 0 Å². The Bertz CT molecular complexity index is 592. The van der Waals surface area contributed by atoms with Gasteiger partial charge in [-0.2, -0.15) is 0 Å². The molecule has 0 unspecified atom stereocenters. The number of halogens is 1. The zero-order valence-electron chi connectivity index (χ0n) is 10.7. The van der Waals surface area contributed by atoms with Crippen molar-refractivity contribution in [3.05, 3.63) is 24.0 Å². The molecule has 1 saturated heterocycles. The second-order valence-electron chi connectivity index (χ2n) is 4.47. The number of carbonyl (C=O) groups excluding carboxylic acids is 1. The van der Waals surface area contributed by atoms with Crippen molar-refractivity contribution in [2.75, 3.05) is 37.8 Å². The van der Waals surface area contributed by atoms with E-state index in [0.717, 1.165) is 18.2 Å². The summed E-state index contributed by atoms with van der Waals surface area (Å²) in [6.45, 7) is 1.50. The van der Waals surface area contributed by atoms with Gasteiger partial charge in [0, 0.05) is 18.8 Å². The number of morpholine rings is 1. The Hall–Kier alpha value is -1.67. The first kappa shape index (κ1) is 14.7. The number of benzene rings is 1. The molecule has 0 aromatic heterocycles. The molecule has 1 fully saturated rings. The Morgan fingerprint density at radius 2 is 1.95 bits per heavy atom. The zero-order chi connectivity index (χ0) is 14.8. The topological polar surface area (TPSA) is 89.7 Å². The molecular weight excluding hydrogens is 287 g/mol. The van der Waals surface area contributed by atoms with Gasteiger partial charge in [0.2, 0.25) is 5.91 Å². The van der Waals surface area contributed by atoms with Gasteiger partial charge < -0.3 is 15.4 Å². The van der Waals surface area contributed by atoms with Crippen LogP contribution in [-0.4, -0.2) is 51.3 Å². The number of rotatable bonds is 3. The summed E-state index contributed by atoms with van der Waals surface area (Å²) in [7, 11) is -3.91. The number of carbonyl (C=O) groups is 1. The highest BCUT2D eigenvalue weighted by atomic mass is 32.2. The minimum absolute atomic E-state index is 0.00222. The van der Waals surface area contributed by atoms with Crippen molar-refractivity contribution < 1.29 is 22.3 Å². The zero-order valence-corrected chi connectivity index (χ0v) is 11.5. The van der Waals surface area contributed by atoms with Crippen molar-refractivity contribution in [1.82, 2.24) is 4.90 Å². The third-order valence-electron chi connectivity index (χ3n) is 2.93. The Kier molecular flexibility index (Phi) is 4.24. The lowest BCUT2D eigenvalue weighted by Gasteiger charge is -2.26. The molecule has 2 rings (SSSR count). The largest absolute Gasteiger partial charge is 0.399 e. The Morgan fingerprint density at radius 1 is 1.30 bits per heavy atom. The molecule has 0 aliphatic carbocycles. The number of hydrogen-bond donors (Lipinski definition) is 1. The molecule has 0 spiro atoms. The first-order valence-electron chi connectivity index (χ1n) is 6.03. The predicted octanol–water partition coefficient (Wildman–Crippen LogP) is 0.0404. The molecule has 1 heterocycles. The number of nitrogen functional groups attached to an aromatic ring is 1. The molecule has 0 atom stereocenters. The number of ether oxygens (including phenoxy) is 1. The van der Waals surface area contributed by atoms with Gasteiger partial charge in [0.25, 0.3) is 0 Å². The highest BCUT2D eigenvalue weighted by Crippen LogP contribution is 2.17. The predicted molar refractivity (Wildman–Crippen MR) is 70.3 cm³/mol. The molecule has 6 nitrogen and oxygen atoms in total. The van der Waals surface area contributed by atoms with Crippen LogP contribution in [0.3, 0.4) is 0 Å². The number of hydrogen-bond acceptors (Lipinski definition) is 5. The van der Waals surface area contributed by atoms with Crippen molar-refractivity contribution in [1.29, 1.82) is 0 Å². The van der Waals surface area contributed by atoms with E-state index in [1.54, 1.807) is 0 Å². The first-order valence-corrected chi connectivity index (χ1v) is 7.68. The Balaban J connectivity index is 2.16. The lowest BCUT2D eigenvalue weighted by Crippen LogP contribution is -2.43. The summed E-state index contributed by atoms with van der Waals surface area (Å²) in [4.78, 5) is 13.1. The minimum Gasteiger partial charge on any atom is -0.399 e. The molecule has 1 aromatic carbocycles. The second kappa shape index (κ2) is 5.76. The van der Waals surface area contributed by atoms with Crippen molar-refractivity contribution in [3.8, 4) is 0 Å². The van der Waals surface area contributed by atoms with Crippen molar-refractivity contribution >= 4 is 21.4 Å². The third kappa shape index (κ3) is 3.45. The summed E-state index contributed by atoms with van der Waals surface area (Å²) in [6, 6.07) is 3.02. The van der Waals surface area contributed by atoms with Gasteiger partial charge in [0.05, 0.1) is 18.1 Å². The van der Waals surface area contributed by atoms with E-state index in [9.17, 15) is 17.6 Å². The van der Waals surface area contributed by atoms with Crippen LogP contribution in [0.1, 0.15) is 0 Å². The average molecular weight is 302 g/mol. The van der Waals surface area contributed by atoms with Crippen molar-refractivity contribution in [3.63, 3.8) is 0 Å². The summed E-state index contributed by atoms with van der Waals surface area (Å²) < 4.78 is 42.5. The molecule has 20 heavy (non-hydrogen) atoms. The standard InChI is InChI=1S/C12H15FN2O4S/c13-9-5-10(14)7-11(6-9)20(17,18)8-12(16)15-1-3-19-4-2-15/h5-7H,1-4,8,14H2. The quantitative estimate of drug-likeness (QED) is 0.796. The fourth-order valence-electron chi connectivity index (χ4n) is 1.91. The van der Waals surface area contributed by atoms with E-state index in [4.69, 9.17) is 10.5 Å². The van der Waals surface area contributed by atoms with Crippen LogP contribution < -0.4 is 5.73 Å². The molecule has 0 bridgehead atoms. The highest BCUT2D eigenvalue weighted by molar-refractivity contribution is 7.92. The van der Waals surface area contributed by atoms with Crippen molar-refractivity contribution in [2.24, 2.45) is 0 Å². The normalized spacial score (nSPS) is 16.1. The fourth-order valence-corrected chi connectivity index (χ4v) is 3.20. The van der Waals surface area contributed by atoms with E-state index < -0.39 is 27.3 Å². The van der Waals surface area contributed by atoms with Crippen LogP contribution in [0.2, 0.25) is 0 Å². The SMILES string of the molecule is Nc1cc(F)cc(S(=O)(=O)CC(=O)N2CCOCC2)c1. The summed E-state index contributed by atoms with van der Waals surface area (Å²) >= 11 is 0. The van der Waals surface area contributed by atoms with E-state index in [-0.39, 0.29) is 10.6 Å². The highest BCUT2D eigenvalue weighted by Gasteiger charge is 2.25. The van der Waals surface area contributed by atoms with Gasteiger partial charge in [-0.1, -0.05) is 0 Å². The van der Waals surface area contributed by atoms with Crippen LogP contribution in [0, 0.1) is 5.82 Å². The maximum Gasteiger partial charge on any atom is 0.238 e. The van der Waals surface area contributed by atoms with Gasteiger partial charge >= 0.3 is 0 Å². The summed E-state index contributed by atoms with van der Waals surface area (Å²) in [5.41, 5.74) is 5.42.